The summed E-state index contributed by atoms with van der Waals surface area (Å²) in [5.41, 5.74) is 0. The molecule has 9 heavy (non-hydrogen) atoms. The van der Waals surface area contributed by atoms with E-state index in [1.54, 1.807) is 6.21 Å². The fraction of sp³-hybridized carbons (Fsp3) is 0.571. The zero-order valence-electron chi connectivity index (χ0n) is 5.78. The molecule has 2 atom stereocenters. The predicted octanol–water partition coefficient (Wildman–Crippen LogP) is 1.05. The number of hydrogen-bond donors (Lipinski definition) is 1. The molecule has 0 fully saturated rings. The van der Waals surface area contributed by atoms with Gasteiger partial charge in [0, 0.05) is 18.9 Å². The van der Waals surface area contributed by atoms with Gasteiger partial charge in [-0.1, -0.05) is 13.0 Å². The van der Waals surface area contributed by atoms with Crippen LogP contribution < -0.4 is 0 Å². The molecule has 0 aromatic rings. The van der Waals surface area contributed by atoms with Crippen LogP contribution in [0.25, 0.3) is 0 Å². The molecule has 1 aliphatic rings. The summed E-state index contributed by atoms with van der Waals surface area (Å²) >= 11 is 0. The smallest absolute Gasteiger partial charge is 0.215 e. The molecule has 1 N–H and O–H groups in total. The van der Waals surface area contributed by atoms with Gasteiger partial charge < -0.3 is 0 Å². The van der Waals surface area contributed by atoms with Crippen molar-refractivity contribution in [1.82, 2.24) is 0 Å². The van der Waals surface area contributed by atoms with Crippen LogP contribution in [-0.4, -0.2) is 22.2 Å². The fourth-order valence-electron chi connectivity index (χ4n) is 0.851. The van der Waals surface area contributed by atoms with Crippen LogP contribution in [0, 0.1) is 5.92 Å². The molecule has 0 aromatic carbocycles. The van der Waals surface area contributed by atoms with E-state index in [1.807, 2.05) is 13.0 Å². The van der Waals surface area contributed by atoms with Gasteiger partial charge in [0.2, 0.25) is 12.3 Å². The highest BCUT2D eigenvalue weighted by atomic mass is 16.5. The van der Waals surface area contributed by atoms with Crippen LogP contribution >= 0.6 is 0 Å². The summed E-state index contributed by atoms with van der Waals surface area (Å²) in [7, 11) is 0. The third-order valence-corrected chi connectivity index (χ3v) is 1.83. The fourth-order valence-corrected chi connectivity index (χ4v) is 0.851. The Morgan fingerprint density at radius 1 is 1.44 bits per heavy atom. The first-order chi connectivity index (χ1) is 4.22. The number of allylic oxidation sites excluding steroid dienone is 1. The Labute approximate surface area is 55.1 Å². The Kier molecular flexibility index (Phi) is 1.56. The lowest BCUT2D eigenvalue weighted by Crippen LogP contribution is -2.29. The maximum absolute atomic E-state index is 9.07. The molecule has 0 radical (unpaired) electrons. The molecule has 50 valence electrons. The van der Waals surface area contributed by atoms with Crippen LogP contribution in [0.4, 0.5) is 0 Å². The standard InChI is InChI=1S/C7H12NO/c1-6-4-3-5-8(9)7(6)2/h3-7,9H,1-2H3/q+1. The van der Waals surface area contributed by atoms with Gasteiger partial charge in [-0.25, -0.2) is 0 Å². The molecule has 2 heteroatoms. The molecule has 0 saturated heterocycles. The minimum absolute atomic E-state index is 0.218. The van der Waals surface area contributed by atoms with Crippen molar-refractivity contribution in [2.45, 2.75) is 19.9 Å². The summed E-state index contributed by atoms with van der Waals surface area (Å²) in [6, 6.07) is 0.218. The summed E-state index contributed by atoms with van der Waals surface area (Å²) < 4.78 is 1.24. The molecule has 0 aromatic heterocycles. The molecule has 2 nitrogen and oxygen atoms in total. The minimum atomic E-state index is 0.218. The highest BCUT2D eigenvalue weighted by molar-refractivity contribution is 5.66. The second kappa shape index (κ2) is 2.21. The molecule has 2 unspecified atom stereocenters. The predicted molar refractivity (Wildman–Crippen MR) is 35.9 cm³/mol. The van der Waals surface area contributed by atoms with Crippen molar-refractivity contribution < 1.29 is 9.95 Å². The van der Waals surface area contributed by atoms with Crippen LogP contribution in [0.15, 0.2) is 12.2 Å². The van der Waals surface area contributed by atoms with Crippen LogP contribution in [0.1, 0.15) is 13.8 Å². The average Bonchev–Trinajstić information content (AvgIpc) is 1.83. The summed E-state index contributed by atoms with van der Waals surface area (Å²) in [4.78, 5) is 0. The van der Waals surface area contributed by atoms with Gasteiger partial charge in [-0.3, -0.25) is 5.21 Å². The van der Waals surface area contributed by atoms with Gasteiger partial charge in [-0.2, -0.15) is 0 Å². The zero-order valence-corrected chi connectivity index (χ0v) is 5.78. The van der Waals surface area contributed by atoms with Crippen molar-refractivity contribution >= 4 is 6.21 Å². The largest absolute Gasteiger partial charge is 0.291 e. The van der Waals surface area contributed by atoms with Crippen molar-refractivity contribution in [3.05, 3.63) is 12.2 Å². The van der Waals surface area contributed by atoms with Gasteiger partial charge >= 0.3 is 0 Å². The first-order valence-electron chi connectivity index (χ1n) is 3.20. The van der Waals surface area contributed by atoms with E-state index in [-0.39, 0.29) is 6.04 Å². The summed E-state index contributed by atoms with van der Waals surface area (Å²) in [5, 5.41) is 9.07. The Bertz CT molecular complexity index is 160. The third-order valence-electron chi connectivity index (χ3n) is 1.83. The number of rotatable bonds is 0. The molecule has 0 saturated carbocycles. The number of nitrogens with zero attached hydrogens (tertiary/aromatic N) is 1. The normalized spacial score (nSPS) is 34.2. The van der Waals surface area contributed by atoms with E-state index in [0.717, 1.165) is 0 Å². The Hall–Kier alpha value is -0.790. The summed E-state index contributed by atoms with van der Waals surface area (Å²) in [6.45, 7) is 4.07. The summed E-state index contributed by atoms with van der Waals surface area (Å²) in [5.74, 6) is 0.444. The van der Waals surface area contributed by atoms with Crippen molar-refractivity contribution in [2.24, 2.45) is 5.92 Å². The van der Waals surface area contributed by atoms with E-state index < -0.39 is 0 Å². The lowest BCUT2D eigenvalue weighted by atomic mass is 10.0. The van der Waals surface area contributed by atoms with E-state index >= 15 is 0 Å². The molecular weight excluding hydrogens is 114 g/mol. The Morgan fingerprint density at radius 3 is 2.56 bits per heavy atom. The monoisotopic (exact) mass is 126 g/mol. The van der Waals surface area contributed by atoms with Gasteiger partial charge in [0.05, 0.1) is 0 Å². The van der Waals surface area contributed by atoms with Crippen LogP contribution in [0.5, 0.6) is 0 Å². The molecule has 1 aliphatic heterocycles. The molecular formula is C7H12NO+. The summed E-state index contributed by atoms with van der Waals surface area (Å²) in [6.07, 6.45) is 5.62. The molecule has 0 bridgehead atoms. The van der Waals surface area contributed by atoms with E-state index in [9.17, 15) is 0 Å². The maximum Gasteiger partial charge on any atom is 0.215 e. The molecule has 0 spiro atoms. The topological polar surface area (TPSA) is 23.2 Å². The van der Waals surface area contributed by atoms with Gasteiger partial charge in [-0.15, -0.1) is 0 Å². The Morgan fingerprint density at radius 2 is 2.11 bits per heavy atom. The molecule has 1 heterocycles. The molecule has 1 rings (SSSR count). The van der Waals surface area contributed by atoms with Crippen LogP contribution in [0.3, 0.4) is 0 Å². The second-order valence-electron chi connectivity index (χ2n) is 2.51. The van der Waals surface area contributed by atoms with Gasteiger partial charge in [-0.05, 0) is 4.74 Å². The average molecular weight is 126 g/mol. The van der Waals surface area contributed by atoms with E-state index in [4.69, 9.17) is 5.21 Å². The van der Waals surface area contributed by atoms with Gasteiger partial charge in [0.1, 0.15) is 0 Å². The minimum Gasteiger partial charge on any atom is -0.291 e. The zero-order chi connectivity index (χ0) is 6.85. The van der Waals surface area contributed by atoms with E-state index in [2.05, 4.69) is 13.0 Å². The lowest BCUT2D eigenvalue weighted by molar-refractivity contribution is -0.797. The highest BCUT2D eigenvalue weighted by Gasteiger charge is 2.22. The van der Waals surface area contributed by atoms with Crippen LogP contribution in [0.2, 0.25) is 0 Å². The first kappa shape index (κ1) is 6.33. The third kappa shape index (κ3) is 1.12. The van der Waals surface area contributed by atoms with Gasteiger partial charge in [0.15, 0.2) is 0 Å². The van der Waals surface area contributed by atoms with Crippen LogP contribution in [-0.2, 0) is 0 Å². The SMILES string of the molecule is CC1C=CC=[N+](O)C1C. The second-order valence-corrected chi connectivity index (χ2v) is 2.51. The first-order valence-corrected chi connectivity index (χ1v) is 3.20. The number of hydrogen-bond acceptors (Lipinski definition) is 1. The Balaban J connectivity index is 2.73. The van der Waals surface area contributed by atoms with Crippen molar-refractivity contribution in [2.75, 3.05) is 0 Å². The molecule has 0 amide bonds. The lowest BCUT2D eigenvalue weighted by Gasteiger charge is -2.11. The quantitative estimate of drug-likeness (QED) is 0.380. The molecule has 0 aliphatic carbocycles. The van der Waals surface area contributed by atoms with Crippen molar-refractivity contribution in [3.8, 4) is 0 Å². The van der Waals surface area contributed by atoms with E-state index in [0.29, 0.717) is 5.92 Å². The highest BCUT2D eigenvalue weighted by Crippen LogP contribution is 2.09. The van der Waals surface area contributed by atoms with E-state index in [1.165, 1.54) is 4.74 Å². The van der Waals surface area contributed by atoms with Crippen molar-refractivity contribution in [3.63, 3.8) is 0 Å². The maximum atomic E-state index is 9.07. The van der Waals surface area contributed by atoms with Gasteiger partial charge in [0.25, 0.3) is 0 Å². The number of hydroxylamine groups is 1. The van der Waals surface area contributed by atoms with Crippen molar-refractivity contribution in [1.29, 1.82) is 0 Å².